The number of thioether (sulfide) groups is 1. The molecule has 1 unspecified atom stereocenters. The summed E-state index contributed by atoms with van der Waals surface area (Å²) in [6.07, 6.45) is 1.05. The van der Waals surface area contributed by atoms with Gasteiger partial charge in [-0.3, -0.25) is 4.98 Å². The second-order valence-electron chi connectivity index (χ2n) is 5.05. The lowest BCUT2D eigenvalue weighted by molar-refractivity contribution is -0.127. The normalized spacial score (nSPS) is 13.4. The van der Waals surface area contributed by atoms with Crippen LogP contribution in [0.1, 0.15) is 23.4 Å². The molecule has 0 aliphatic rings. The van der Waals surface area contributed by atoms with Gasteiger partial charge in [0, 0.05) is 24.0 Å². The van der Waals surface area contributed by atoms with Crippen LogP contribution < -0.4 is 0 Å². The van der Waals surface area contributed by atoms with Crippen LogP contribution in [0.5, 0.6) is 0 Å². The van der Waals surface area contributed by atoms with Gasteiger partial charge in [-0.15, -0.1) is 0 Å². The number of nitrogens with zero attached hydrogens (tertiary/aromatic N) is 3. The van der Waals surface area contributed by atoms with E-state index in [1.165, 1.54) is 18.0 Å². The second-order valence-corrected chi connectivity index (χ2v) is 6.36. The maximum absolute atomic E-state index is 12.6. The lowest BCUT2D eigenvalue weighted by atomic mass is 10.1. The average molecular weight is 338 g/mol. The quantitative estimate of drug-likeness (QED) is 0.569. The molecule has 120 valence electrons. The van der Waals surface area contributed by atoms with Gasteiger partial charge in [0.15, 0.2) is 5.16 Å². The predicted octanol–water partition coefficient (Wildman–Crippen LogP) is 4.31. The van der Waals surface area contributed by atoms with Crippen LogP contribution >= 0.6 is 11.8 Å². The Balaban J connectivity index is 1.88. The zero-order chi connectivity index (χ0) is 16.4. The molecule has 0 bridgehead atoms. The molecule has 8 heteroatoms. The van der Waals surface area contributed by atoms with E-state index in [1.807, 2.05) is 6.92 Å². The van der Waals surface area contributed by atoms with Crippen LogP contribution in [-0.4, -0.2) is 26.1 Å². The number of aromatic amines is 1. The first-order valence-corrected chi connectivity index (χ1v) is 7.77. The van der Waals surface area contributed by atoms with Gasteiger partial charge >= 0.3 is 6.18 Å². The van der Waals surface area contributed by atoms with E-state index in [9.17, 15) is 13.2 Å². The van der Waals surface area contributed by atoms with Crippen molar-refractivity contribution < 1.29 is 13.2 Å². The van der Waals surface area contributed by atoms with E-state index >= 15 is 0 Å². The maximum atomic E-state index is 12.6. The highest BCUT2D eigenvalue weighted by Gasteiger charge is 2.29. The molecule has 0 amide bonds. The van der Waals surface area contributed by atoms with Crippen LogP contribution in [0.3, 0.4) is 0 Å². The minimum Gasteiger partial charge on any atom is -0.360 e. The average Bonchev–Trinajstić information content (AvgIpc) is 2.89. The van der Waals surface area contributed by atoms with Crippen molar-refractivity contribution in [1.29, 1.82) is 0 Å². The molecule has 0 aromatic carbocycles. The molecule has 3 heterocycles. The highest BCUT2D eigenvalue weighted by molar-refractivity contribution is 7.99. The summed E-state index contributed by atoms with van der Waals surface area (Å²) in [6.45, 7) is 1.92. The Morgan fingerprint density at radius 3 is 2.65 bits per heavy atom. The van der Waals surface area contributed by atoms with E-state index in [2.05, 4.69) is 19.9 Å². The van der Waals surface area contributed by atoms with Crippen molar-refractivity contribution in [1.82, 2.24) is 19.9 Å². The monoisotopic (exact) mass is 338 g/mol. The number of halogens is 3. The Morgan fingerprint density at radius 2 is 1.96 bits per heavy atom. The van der Waals surface area contributed by atoms with Crippen molar-refractivity contribution >= 4 is 22.7 Å². The maximum Gasteiger partial charge on any atom is 0.393 e. The van der Waals surface area contributed by atoms with Crippen molar-refractivity contribution in [2.45, 2.75) is 29.9 Å². The van der Waals surface area contributed by atoms with Crippen LogP contribution in [0.25, 0.3) is 10.9 Å². The summed E-state index contributed by atoms with van der Waals surface area (Å²) in [5.74, 6) is 0. The number of hydrogen-bond donors (Lipinski definition) is 1. The van der Waals surface area contributed by atoms with Crippen LogP contribution in [-0.2, 0) is 6.42 Å². The fourth-order valence-electron chi connectivity index (χ4n) is 2.24. The molecule has 3 aromatic heterocycles. The fourth-order valence-corrected chi connectivity index (χ4v) is 3.05. The van der Waals surface area contributed by atoms with E-state index in [0.29, 0.717) is 21.8 Å². The third-order valence-electron chi connectivity index (χ3n) is 3.30. The molecule has 3 aromatic rings. The van der Waals surface area contributed by atoms with Crippen LogP contribution in [0.2, 0.25) is 0 Å². The molecular formula is C15H13F3N4S. The largest absolute Gasteiger partial charge is 0.393 e. The van der Waals surface area contributed by atoms with Crippen LogP contribution in [0.4, 0.5) is 13.2 Å². The minimum atomic E-state index is -4.24. The van der Waals surface area contributed by atoms with Gasteiger partial charge in [-0.1, -0.05) is 11.8 Å². The summed E-state index contributed by atoms with van der Waals surface area (Å²) < 4.78 is 37.9. The Kier molecular flexibility index (Phi) is 4.25. The molecule has 0 saturated carbocycles. The van der Waals surface area contributed by atoms with E-state index in [1.54, 1.807) is 30.7 Å². The van der Waals surface area contributed by atoms with E-state index < -0.39 is 12.6 Å². The summed E-state index contributed by atoms with van der Waals surface area (Å²) in [5, 5.41) is 1.08. The molecule has 0 aliphatic heterocycles. The number of aromatic nitrogens is 4. The molecule has 1 N–H and O–H groups in total. The molecule has 0 radical (unpaired) electrons. The molecule has 1 atom stereocenters. The number of H-pyrrole nitrogens is 1. The number of pyridine rings is 1. The zero-order valence-corrected chi connectivity index (χ0v) is 12.9. The molecule has 0 aliphatic carbocycles. The standard InChI is InChI=1S/C15H13F3N4S/c1-9(23-14-19-3-2-4-20-14)12-5-11-10(6-15(16,17)18)7-21-13(11)8-22-12/h2-5,7-9,21H,6H2,1H3. The fraction of sp³-hybridized carbons (Fsp3) is 0.267. The Bertz CT molecular complexity index is 801. The number of nitrogens with one attached hydrogen (secondary N) is 1. The summed E-state index contributed by atoms with van der Waals surface area (Å²) in [4.78, 5) is 15.4. The van der Waals surface area contributed by atoms with Gasteiger partial charge in [-0.05, 0) is 24.6 Å². The smallest absolute Gasteiger partial charge is 0.360 e. The summed E-state index contributed by atoms with van der Waals surface area (Å²) in [5.41, 5.74) is 1.52. The molecule has 0 saturated heterocycles. The number of hydrogen-bond acceptors (Lipinski definition) is 4. The molecule has 4 nitrogen and oxygen atoms in total. The molecule has 0 spiro atoms. The first-order valence-electron chi connectivity index (χ1n) is 6.89. The van der Waals surface area contributed by atoms with Gasteiger partial charge in [0.2, 0.25) is 0 Å². The number of fused-ring (bicyclic) bond motifs is 1. The lowest BCUT2D eigenvalue weighted by Crippen LogP contribution is -2.11. The van der Waals surface area contributed by atoms with Crippen molar-refractivity contribution in [3.8, 4) is 0 Å². The first kappa shape index (κ1) is 15.8. The molecular weight excluding hydrogens is 325 g/mol. The van der Waals surface area contributed by atoms with Crippen LogP contribution in [0.15, 0.2) is 42.1 Å². The summed E-state index contributed by atoms with van der Waals surface area (Å²) in [6, 6.07) is 3.43. The van der Waals surface area contributed by atoms with E-state index in [-0.39, 0.29) is 10.8 Å². The third kappa shape index (κ3) is 3.82. The van der Waals surface area contributed by atoms with Gasteiger partial charge in [-0.2, -0.15) is 13.2 Å². The SMILES string of the molecule is CC(Sc1ncccn1)c1cc2c(CC(F)(F)F)c[nH]c2cn1. The van der Waals surface area contributed by atoms with E-state index in [0.717, 1.165) is 0 Å². The Morgan fingerprint density at radius 1 is 1.22 bits per heavy atom. The molecule has 3 rings (SSSR count). The Labute approximate surface area is 134 Å². The van der Waals surface area contributed by atoms with Gasteiger partial charge < -0.3 is 4.98 Å². The summed E-state index contributed by atoms with van der Waals surface area (Å²) in [7, 11) is 0. The highest BCUT2D eigenvalue weighted by Crippen LogP contribution is 2.34. The number of alkyl halides is 3. The first-order chi connectivity index (χ1) is 10.9. The Hall–Kier alpha value is -2.09. The van der Waals surface area contributed by atoms with Gasteiger partial charge in [-0.25, -0.2) is 9.97 Å². The predicted molar refractivity (Wildman–Crippen MR) is 82.2 cm³/mol. The summed E-state index contributed by atoms with van der Waals surface area (Å²) >= 11 is 1.41. The van der Waals surface area contributed by atoms with Crippen molar-refractivity contribution in [3.63, 3.8) is 0 Å². The van der Waals surface area contributed by atoms with E-state index in [4.69, 9.17) is 0 Å². The van der Waals surface area contributed by atoms with Gasteiger partial charge in [0.25, 0.3) is 0 Å². The van der Waals surface area contributed by atoms with Crippen molar-refractivity contribution in [2.24, 2.45) is 0 Å². The highest BCUT2D eigenvalue weighted by atomic mass is 32.2. The topological polar surface area (TPSA) is 54.5 Å². The van der Waals surface area contributed by atoms with Gasteiger partial charge in [0.1, 0.15) is 0 Å². The van der Waals surface area contributed by atoms with Crippen molar-refractivity contribution in [2.75, 3.05) is 0 Å². The second kappa shape index (κ2) is 6.19. The molecule has 23 heavy (non-hydrogen) atoms. The molecule has 0 fully saturated rings. The van der Waals surface area contributed by atoms with Gasteiger partial charge in [0.05, 0.1) is 29.1 Å². The lowest BCUT2D eigenvalue weighted by Gasteiger charge is -2.10. The van der Waals surface area contributed by atoms with Crippen molar-refractivity contribution in [3.05, 3.63) is 48.2 Å². The zero-order valence-electron chi connectivity index (χ0n) is 12.1. The minimum absolute atomic E-state index is 0.0737. The third-order valence-corrected chi connectivity index (χ3v) is 4.32. The number of rotatable bonds is 4. The van der Waals surface area contributed by atoms with Crippen LogP contribution in [0, 0.1) is 0 Å².